The Labute approximate surface area is 130 Å². The molecule has 2 saturated heterocycles. The first kappa shape index (κ1) is 16.6. The fourth-order valence-corrected chi connectivity index (χ4v) is 4.61. The van der Waals surface area contributed by atoms with Gasteiger partial charge in [-0.15, -0.1) is 0 Å². The standard InChI is InChI=1S/C13H23NO4.C3H5F/c1-9(2)13(17,18)11-4-3-7-14(11)12(15,16)8-10(11)5-6-10;4-3-1-2-3/h9,15-18H,3-8H2,1-2H3;3H,1-2H2/t11-;/m1./s1. The van der Waals surface area contributed by atoms with Crippen molar-refractivity contribution in [1.29, 1.82) is 0 Å². The van der Waals surface area contributed by atoms with Crippen molar-refractivity contribution in [3.63, 3.8) is 0 Å². The van der Waals surface area contributed by atoms with E-state index >= 15 is 0 Å². The highest BCUT2D eigenvalue weighted by Gasteiger charge is 2.80. The molecule has 0 aromatic heterocycles. The molecule has 2 aliphatic heterocycles. The molecule has 2 heterocycles. The highest BCUT2D eigenvalue weighted by molar-refractivity contribution is 5.27. The zero-order valence-corrected chi connectivity index (χ0v) is 13.4. The van der Waals surface area contributed by atoms with Crippen molar-refractivity contribution in [2.24, 2.45) is 11.3 Å². The first-order valence-electron chi connectivity index (χ1n) is 8.40. The van der Waals surface area contributed by atoms with Gasteiger partial charge in [0.1, 0.15) is 6.17 Å². The van der Waals surface area contributed by atoms with Crippen molar-refractivity contribution in [1.82, 2.24) is 4.90 Å². The zero-order valence-electron chi connectivity index (χ0n) is 13.4. The Bertz CT molecular complexity index is 445. The molecule has 0 radical (unpaired) electrons. The third-order valence-corrected chi connectivity index (χ3v) is 6.04. The Morgan fingerprint density at radius 3 is 2.09 bits per heavy atom. The summed E-state index contributed by atoms with van der Waals surface area (Å²) in [5.74, 6) is -4.12. The van der Waals surface area contributed by atoms with Gasteiger partial charge in [-0.25, -0.2) is 9.29 Å². The van der Waals surface area contributed by atoms with Crippen LogP contribution in [0, 0.1) is 11.3 Å². The summed E-state index contributed by atoms with van der Waals surface area (Å²) in [4.78, 5) is 1.55. The van der Waals surface area contributed by atoms with Crippen LogP contribution in [0.15, 0.2) is 0 Å². The first-order valence-corrected chi connectivity index (χ1v) is 8.40. The second-order valence-electron chi connectivity index (χ2n) is 7.90. The fourth-order valence-electron chi connectivity index (χ4n) is 4.61. The summed E-state index contributed by atoms with van der Waals surface area (Å²) in [6.07, 6.45) is 4.56. The van der Waals surface area contributed by atoms with Gasteiger partial charge in [-0.3, -0.25) is 0 Å². The van der Waals surface area contributed by atoms with E-state index in [-0.39, 0.29) is 17.8 Å². The van der Waals surface area contributed by atoms with E-state index < -0.39 is 23.4 Å². The van der Waals surface area contributed by atoms with Gasteiger partial charge in [0.15, 0.2) is 5.79 Å². The molecule has 4 N–H and O–H groups in total. The summed E-state index contributed by atoms with van der Waals surface area (Å²) in [5, 5.41) is 41.7. The number of nitrogens with zero attached hydrogens (tertiary/aromatic N) is 1. The summed E-state index contributed by atoms with van der Waals surface area (Å²) in [7, 11) is 0. The summed E-state index contributed by atoms with van der Waals surface area (Å²) in [6.45, 7) is 4.07. The first-order chi connectivity index (χ1) is 10.1. The molecule has 0 amide bonds. The minimum atomic E-state index is -1.89. The maximum atomic E-state index is 11.1. The molecule has 4 fully saturated rings. The van der Waals surface area contributed by atoms with Gasteiger partial charge in [0.25, 0.3) is 0 Å². The van der Waals surface area contributed by atoms with E-state index in [9.17, 15) is 24.8 Å². The predicted molar refractivity (Wildman–Crippen MR) is 78.3 cm³/mol. The molecule has 6 heteroatoms. The van der Waals surface area contributed by atoms with Crippen LogP contribution in [0.4, 0.5) is 4.39 Å². The molecule has 0 bridgehead atoms. The van der Waals surface area contributed by atoms with E-state index in [2.05, 4.69) is 0 Å². The van der Waals surface area contributed by atoms with Crippen LogP contribution in [0.3, 0.4) is 0 Å². The van der Waals surface area contributed by atoms with E-state index in [0.717, 1.165) is 32.1 Å². The van der Waals surface area contributed by atoms with Gasteiger partial charge in [-0.1, -0.05) is 13.8 Å². The summed E-state index contributed by atoms with van der Waals surface area (Å²) in [6, 6.07) is 0. The molecule has 4 aliphatic rings. The Balaban J connectivity index is 0.000000313. The Hall–Kier alpha value is -0.270. The maximum absolute atomic E-state index is 11.1. The van der Waals surface area contributed by atoms with Crippen LogP contribution < -0.4 is 0 Å². The van der Waals surface area contributed by atoms with Gasteiger partial charge in [0, 0.05) is 24.3 Å². The minimum Gasteiger partial charge on any atom is -0.364 e. The predicted octanol–water partition coefficient (Wildman–Crippen LogP) is 1.10. The number of rotatable bonds is 2. The van der Waals surface area contributed by atoms with Crippen LogP contribution >= 0.6 is 0 Å². The van der Waals surface area contributed by atoms with Gasteiger partial charge in [0.05, 0.1) is 5.54 Å². The number of alkyl halides is 1. The molecule has 1 spiro atoms. The van der Waals surface area contributed by atoms with E-state index in [1.54, 1.807) is 18.7 Å². The van der Waals surface area contributed by atoms with Crippen LogP contribution in [-0.4, -0.2) is 55.3 Å². The molecule has 4 rings (SSSR count). The third-order valence-electron chi connectivity index (χ3n) is 6.04. The minimum absolute atomic E-state index is 0.232. The van der Waals surface area contributed by atoms with Crippen molar-refractivity contribution in [2.75, 3.05) is 6.54 Å². The van der Waals surface area contributed by atoms with Crippen molar-refractivity contribution >= 4 is 0 Å². The van der Waals surface area contributed by atoms with Crippen molar-refractivity contribution < 1.29 is 24.8 Å². The van der Waals surface area contributed by atoms with Crippen LogP contribution in [0.1, 0.15) is 58.8 Å². The molecule has 0 aromatic carbocycles. The molecule has 5 nitrogen and oxygen atoms in total. The zero-order chi connectivity index (χ0) is 16.4. The van der Waals surface area contributed by atoms with Crippen molar-refractivity contribution in [3.8, 4) is 0 Å². The SMILES string of the molecule is CC(C)C(O)(O)[C@]12CCCN1C(O)(O)CC21CC1.FC1CC1. The highest BCUT2D eigenvalue weighted by atomic mass is 19.1. The molecule has 22 heavy (non-hydrogen) atoms. The molecular weight excluding hydrogens is 289 g/mol. The Kier molecular flexibility index (Phi) is 3.67. The topological polar surface area (TPSA) is 84.2 Å². The second-order valence-corrected chi connectivity index (χ2v) is 7.90. The largest absolute Gasteiger partial charge is 0.364 e. The van der Waals surface area contributed by atoms with Gasteiger partial charge in [-0.05, 0) is 38.5 Å². The Morgan fingerprint density at radius 1 is 1.14 bits per heavy atom. The van der Waals surface area contributed by atoms with Gasteiger partial charge < -0.3 is 20.4 Å². The number of hydrogen-bond acceptors (Lipinski definition) is 5. The van der Waals surface area contributed by atoms with Crippen LogP contribution in [0.2, 0.25) is 0 Å². The normalized spacial score (nSPS) is 35.5. The van der Waals surface area contributed by atoms with Gasteiger partial charge in [0.2, 0.25) is 5.91 Å². The highest BCUT2D eigenvalue weighted by Crippen LogP contribution is 2.72. The van der Waals surface area contributed by atoms with E-state index in [1.165, 1.54) is 0 Å². The summed E-state index contributed by atoms with van der Waals surface area (Å²) < 4.78 is 11.1. The number of aliphatic hydroxyl groups is 4. The average Bonchev–Trinajstić information content (AvgIpc) is 3.29. The third kappa shape index (κ3) is 2.15. The van der Waals surface area contributed by atoms with Crippen LogP contribution in [-0.2, 0) is 0 Å². The number of halogens is 1. The molecule has 1 atom stereocenters. The Morgan fingerprint density at radius 2 is 1.68 bits per heavy atom. The molecule has 2 saturated carbocycles. The smallest absolute Gasteiger partial charge is 0.226 e. The van der Waals surface area contributed by atoms with E-state index in [4.69, 9.17) is 0 Å². The van der Waals surface area contributed by atoms with E-state index in [0.29, 0.717) is 13.0 Å². The second kappa shape index (κ2) is 4.86. The molecule has 128 valence electrons. The fraction of sp³-hybridized carbons (Fsp3) is 1.00. The lowest BCUT2D eigenvalue weighted by atomic mass is 9.70. The summed E-state index contributed by atoms with van der Waals surface area (Å²) >= 11 is 0. The van der Waals surface area contributed by atoms with Crippen molar-refractivity contribution in [2.45, 2.75) is 82.2 Å². The lowest BCUT2D eigenvalue weighted by molar-refractivity contribution is -0.318. The summed E-state index contributed by atoms with van der Waals surface area (Å²) in [5.41, 5.74) is -1.22. The average molecular weight is 317 g/mol. The maximum Gasteiger partial charge on any atom is 0.226 e. The molecule has 0 unspecified atom stereocenters. The van der Waals surface area contributed by atoms with Gasteiger partial charge in [-0.2, -0.15) is 0 Å². The van der Waals surface area contributed by atoms with Crippen LogP contribution in [0.25, 0.3) is 0 Å². The quantitative estimate of drug-likeness (QED) is 0.573. The van der Waals surface area contributed by atoms with E-state index in [1.807, 2.05) is 0 Å². The lowest BCUT2D eigenvalue weighted by Crippen LogP contribution is -2.67. The monoisotopic (exact) mass is 317 g/mol. The number of fused-ring (bicyclic) bond motifs is 2. The molecule has 0 aromatic rings. The van der Waals surface area contributed by atoms with Crippen LogP contribution in [0.5, 0.6) is 0 Å². The van der Waals surface area contributed by atoms with Gasteiger partial charge >= 0.3 is 0 Å². The lowest BCUT2D eigenvalue weighted by Gasteiger charge is -2.50. The van der Waals surface area contributed by atoms with Crippen molar-refractivity contribution in [3.05, 3.63) is 0 Å². The number of hydrogen-bond donors (Lipinski definition) is 4. The molecular formula is C16H28FNO4. The molecule has 2 aliphatic carbocycles.